The standard InChI is InChI=1S/C14H12F2N2O2/c1-8-2-4-11(16)13(6-8)20-12-5-3-9(15)7-10(12)14(17)18-19/h2-7,19H,1H3,(H2,17,18). The Balaban J connectivity index is 2.46. The van der Waals surface area contributed by atoms with Gasteiger partial charge in [0.05, 0.1) is 5.56 Å². The third-order valence-electron chi connectivity index (χ3n) is 2.63. The molecule has 0 aliphatic heterocycles. The number of aryl methyl sites for hydroxylation is 1. The number of amidine groups is 1. The largest absolute Gasteiger partial charge is 0.453 e. The van der Waals surface area contributed by atoms with Gasteiger partial charge in [0.2, 0.25) is 0 Å². The van der Waals surface area contributed by atoms with Crippen LogP contribution in [0.15, 0.2) is 41.6 Å². The normalized spacial score (nSPS) is 11.4. The summed E-state index contributed by atoms with van der Waals surface area (Å²) in [7, 11) is 0. The molecular formula is C14H12F2N2O2. The molecule has 4 nitrogen and oxygen atoms in total. The summed E-state index contributed by atoms with van der Waals surface area (Å²) in [5.74, 6) is -1.41. The zero-order valence-corrected chi connectivity index (χ0v) is 10.6. The minimum Gasteiger partial charge on any atom is -0.453 e. The van der Waals surface area contributed by atoms with Crippen LogP contribution in [0.2, 0.25) is 0 Å². The van der Waals surface area contributed by atoms with E-state index in [2.05, 4.69) is 5.16 Å². The fourth-order valence-corrected chi connectivity index (χ4v) is 1.65. The van der Waals surface area contributed by atoms with Crippen molar-refractivity contribution in [3.8, 4) is 11.5 Å². The summed E-state index contributed by atoms with van der Waals surface area (Å²) >= 11 is 0. The third-order valence-corrected chi connectivity index (χ3v) is 2.63. The molecule has 0 radical (unpaired) electrons. The van der Waals surface area contributed by atoms with Crippen molar-refractivity contribution in [1.29, 1.82) is 0 Å². The first-order chi connectivity index (χ1) is 9.51. The van der Waals surface area contributed by atoms with Crippen LogP contribution in [-0.4, -0.2) is 11.0 Å². The van der Waals surface area contributed by atoms with Crippen LogP contribution in [-0.2, 0) is 0 Å². The van der Waals surface area contributed by atoms with Crippen LogP contribution in [0.25, 0.3) is 0 Å². The molecule has 20 heavy (non-hydrogen) atoms. The summed E-state index contributed by atoms with van der Waals surface area (Å²) in [6.45, 7) is 1.78. The molecule has 2 aromatic carbocycles. The maximum Gasteiger partial charge on any atom is 0.173 e. The van der Waals surface area contributed by atoms with Crippen molar-refractivity contribution in [2.24, 2.45) is 10.9 Å². The monoisotopic (exact) mass is 278 g/mol. The minimum atomic E-state index is -0.580. The van der Waals surface area contributed by atoms with Crippen molar-refractivity contribution in [3.05, 3.63) is 59.2 Å². The zero-order valence-electron chi connectivity index (χ0n) is 10.6. The molecule has 0 fully saturated rings. The number of halogens is 2. The quantitative estimate of drug-likeness (QED) is 0.392. The third kappa shape index (κ3) is 2.85. The number of nitrogens with two attached hydrogens (primary N) is 1. The van der Waals surface area contributed by atoms with Crippen molar-refractivity contribution in [3.63, 3.8) is 0 Å². The smallest absolute Gasteiger partial charge is 0.173 e. The van der Waals surface area contributed by atoms with Gasteiger partial charge in [0.15, 0.2) is 17.4 Å². The number of rotatable bonds is 3. The highest BCUT2D eigenvalue weighted by Gasteiger charge is 2.13. The molecule has 0 heterocycles. The predicted octanol–water partition coefficient (Wildman–Crippen LogP) is 3.16. The van der Waals surface area contributed by atoms with Crippen molar-refractivity contribution in [2.45, 2.75) is 6.92 Å². The molecule has 6 heteroatoms. The summed E-state index contributed by atoms with van der Waals surface area (Å²) < 4.78 is 32.2. The Morgan fingerprint density at radius 3 is 2.60 bits per heavy atom. The van der Waals surface area contributed by atoms with Crippen molar-refractivity contribution < 1.29 is 18.7 Å². The average molecular weight is 278 g/mol. The number of hydrogen-bond acceptors (Lipinski definition) is 3. The fraction of sp³-hybridized carbons (Fsp3) is 0.0714. The van der Waals surface area contributed by atoms with Gasteiger partial charge >= 0.3 is 0 Å². The Bertz CT molecular complexity index is 672. The van der Waals surface area contributed by atoms with Crippen LogP contribution in [0.5, 0.6) is 11.5 Å². The Morgan fingerprint density at radius 2 is 1.90 bits per heavy atom. The van der Waals surface area contributed by atoms with Gasteiger partial charge in [0.1, 0.15) is 11.6 Å². The van der Waals surface area contributed by atoms with Crippen LogP contribution >= 0.6 is 0 Å². The Morgan fingerprint density at radius 1 is 1.15 bits per heavy atom. The predicted molar refractivity (Wildman–Crippen MR) is 70.1 cm³/mol. The van der Waals surface area contributed by atoms with E-state index in [9.17, 15) is 8.78 Å². The fourth-order valence-electron chi connectivity index (χ4n) is 1.65. The summed E-state index contributed by atoms with van der Waals surface area (Å²) in [5.41, 5.74) is 6.28. The van der Waals surface area contributed by atoms with E-state index in [0.29, 0.717) is 0 Å². The maximum absolute atomic E-state index is 13.6. The van der Waals surface area contributed by atoms with Crippen LogP contribution in [0.1, 0.15) is 11.1 Å². The SMILES string of the molecule is Cc1ccc(F)c(Oc2ccc(F)cc2C(N)=NO)c1. The highest BCUT2D eigenvalue weighted by molar-refractivity contribution is 5.99. The van der Waals surface area contributed by atoms with E-state index in [-0.39, 0.29) is 22.9 Å². The molecule has 0 amide bonds. The summed E-state index contributed by atoms with van der Waals surface area (Å²) in [6.07, 6.45) is 0. The van der Waals surface area contributed by atoms with Crippen molar-refractivity contribution in [2.75, 3.05) is 0 Å². The van der Waals surface area contributed by atoms with E-state index in [4.69, 9.17) is 15.7 Å². The summed E-state index contributed by atoms with van der Waals surface area (Å²) in [6, 6.07) is 7.81. The van der Waals surface area contributed by atoms with E-state index in [1.165, 1.54) is 18.2 Å². The highest BCUT2D eigenvalue weighted by atomic mass is 19.1. The lowest BCUT2D eigenvalue weighted by Crippen LogP contribution is -2.14. The number of nitrogens with zero attached hydrogens (tertiary/aromatic N) is 1. The van der Waals surface area contributed by atoms with Gasteiger partial charge in [-0.25, -0.2) is 8.78 Å². The van der Waals surface area contributed by atoms with Gasteiger partial charge in [0.25, 0.3) is 0 Å². The molecule has 0 spiro atoms. The van der Waals surface area contributed by atoms with E-state index in [1.54, 1.807) is 13.0 Å². The van der Waals surface area contributed by atoms with E-state index >= 15 is 0 Å². The lowest BCUT2D eigenvalue weighted by Gasteiger charge is -2.11. The van der Waals surface area contributed by atoms with Crippen LogP contribution < -0.4 is 10.5 Å². The minimum absolute atomic E-state index is 0.0244. The van der Waals surface area contributed by atoms with Crippen molar-refractivity contribution >= 4 is 5.84 Å². The second-order valence-electron chi connectivity index (χ2n) is 4.16. The second-order valence-corrected chi connectivity index (χ2v) is 4.16. The van der Waals surface area contributed by atoms with E-state index in [1.807, 2.05) is 0 Å². The van der Waals surface area contributed by atoms with Gasteiger partial charge < -0.3 is 15.7 Å². The van der Waals surface area contributed by atoms with Gasteiger partial charge in [-0.2, -0.15) is 0 Å². The zero-order chi connectivity index (χ0) is 14.7. The molecule has 0 saturated heterocycles. The Hall–Kier alpha value is -2.63. The van der Waals surface area contributed by atoms with Gasteiger partial charge in [-0.3, -0.25) is 0 Å². The second kappa shape index (κ2) is 5.56. The number of hydrogen-bond donors (Lipinski definition) is 2. The van der Waals surface area contributed by atoms with Gasteiger partial charge in [-0.1, -0.05) is 11.2 Å². The molecule has 2 rings (SSSR count). The highest BCUT2D eigenvalue weighted by Crippen LogP contribution is 2.28. The summed E-state index contributed by atoms with van der Waals surface area (Å²) in [5, 5.41) is 11.5. The molecular weight excluding hydrogens is 266 g/mol. The number of benzene rings is 2. The molecule has 0 aromatic heterocycles. The lowest BCUT2D eigenvalue weighted by molar-refractivity contribution is 0.318. The first kappa shape index (κ1) is 13.8. The molecule has 0 saturated carbocycles. The first-order valence-corrected chi connectivity index (χ1v) is 5.72. The molecule has 104 valence electrons. The van der Waals surface area contributed by atoms with E-state index < -0.39 is 11.6 Å². The number of oxime groups is 1. The Kier molecular flexibility index (Phi) is 3.84. The molecule has 2 aromatic rings. The van der Waals surface area contributed by atoms with Gasteiger partial charge in [-0.15, -0.1) is 0 Å². The molecule has 0 bridgehead atoms. The molecule has 0 aliphatic carbocycles. The first-order valence-electron chi connectivity index (χ1n) is 5.72. The lowest BCUT2D eigenvalue weighted by atomic mass is 10.1. The van der Waals surface area contributed by atoms with Gasteiger partial charge in [-0.05, 0) is 42.8 Å². The average Bonchev–Trinajstić information content (AvgIpc) is 2.43. The van der Waals surface area contributed by atoms with Crippen molar-refractivity contribution in [1.82, 2.24) is 0 Å². The van der Waals surface area contributed by atoms with Crippen LogP contribution in [0.4, 0.5) is 8.78 Å². The topological polar surface area (TPSA) is 67.8 Å². The maximum atomic E-state index is 13.6. The molecule has 0 atom stereocenters. The van der Waals surface area contributed by atoms with Crippen LogP contribution in [0, 0.1) is 18.6 Å². The van der Waals surface area contributed by atoms with Crippen LogP contribution in [0.3, 0.4) is 0 Å². The number of ether oxygens (including phenoxy) is 1. The Labute approximate surface area is 114 Å². The molecule has 3 N–H and O–H groups in total. The van der Waals surface area contributed by atoms with Gasteiger partial charge in [0, 0.05) is 0 Å². The van der Waals surface area contributed by atoms with E-state index in [0.717, 1.165) is 17.7 Å². The summed E-state index contributed by atoms with van der Waals surface area (Å²) in [4.78, 5) is 0. The molecule has 0 aliphatic rings. The molecule has 0 unspecified atom stereocenters.